The van der Waals surface area contributed by atoms with E-state index in [2.05, 4.69) is 34.3 Å². The van der Waals surface area contributed by atoms with Crippen molar-refractivity contribution in [2.75, 3.05) is 5.32 Å². The van der Waals surface area contributed by atoms with Gasteiger partial charge in [-0.05, 0) is 27.2 Å². The van der Waals surface area contributed by atoms with E-state index < -0.39 is 0 Å². The molecule has 20 heavy (non-hydrogen) atoms. The Bertz CT molecular complexity index is 577. The van der Waals surface area contributed by atoms with Crippen molar-refractivity contribution >= 4 is 17.4 Å². The predicted octanol–water partition coefficient (Wildman–Crippen LogP) is 3.86. The number of hydrogen-bond acceptors (Lipinski definition) is 5. The van der Waals surface area contributed by atoms with Gasteiger partial charge in [0.1, 0.15) is 23.1 Å². The van der Waals surface area contributed by atoms with E-state index in [-0.39, 0.29) is 6.04 Å². The number of rotatable bonds is 5. The first kappa shape index (κ1) is 14.8. The van der Waals surface area contributed by atoms with Crippen LogP contribution in [0.5, 0.6) is 0 Å². The van der Waals surface area contributed by atoms with Crippen LogP contribution in [0.2, 0.25) is 5.15 Å². The number of aromatic nitrogens is 3. The summed E-state index contributed by atoms with van der Waals surface area (Å²) in [5.41, 5.74) is 2.90. The minimum absolute atomic E-state index is 0.0443. The topological polar surface area (TPSA) is 63.8 Å². The average Bonchev–Trinajstić information content (AvgIpc) is 2.73. The summed E-state index contributed by atoms with van der Waals surface area (Å²) in [6, 6.07) is 0.0443. The van der Waals surface area contributed by atoms with E-state index in [1.54, 1.807) is 0 Å². The second kappa shape index (κ2) is 6.22. The summed E-state index contributed by atoms with van der Waals surface area (Å²) in [4.78, 5) is 8.36. The van der Waals surface area contributed by atoms with Crippen molar-refractivity contribution in [2.24, 2.45) is 0 Å². The number of aryl methyl sites for hydroxylation is 2. The molecule has 0 aliphatic carbocycles. The van der Waals surface area contributed by atoms with Gasteiger partial charge in [0.05, 0.1) is 11.7 Å². The van der Waals surface area contributed by atoms with Crippen LogP contribution in [0.15, 0.2) is 10.9 Å². The summed E-state index contributed by atoms with van der Waals surface area (Å²) < 4.78 is 5.21. The maximum atomic E-state index is 6.16. The molecule has 1 N–H and O–H groups in total. The fourth-order valence-corrected chi connectivity index (χ4v) is 2.60. The Morgan fingerprint density at radius 2 is 2.10 bits per heavy atom. The molecule has 1 atom stereocenters. The fourth-order valence-electron chi connectivity index (χ4n) is 2.37. The molecule has 0 amide bonds. The van der Waals surface area contributed by atoms with Gasteiger partial charge >= 0.3 is 0 Å². The zero-order valence-electron chi connectivity index (χ0n) is 12.2. The third-order valence-electron chi connectivity index (χ3n) is 3.27. The summed E-state index contributed by atoms with van der Waals surface area (Å²) in [5.74, 6) is 1.60. The molecule has 5 nitrogen and oxygen atoms in total. The normalized spacial score (nSPS) is 12.4. The molecule has 0 saturated heterocycles. The van der Waals surface area contributed by atoms with Gasteiger partial charge in [0.25, 0.3) is 0 Å². The first-order valence-electron chi connectivity index (χ1n) is 6.73. The Kier molecular flexibility index (Phi) is 4.60. The van der Waals surface area contributed by atoms with Crippen LogP contribution in [0.4, 0.5) is 5.82 Å². The van der Waals surface area contributed by atoms with Gasteiger partial charge in [-0.25, -0.2) is 9.97 Å². The van der Waals surface area contributed by atoms with Crippen LogP contribution in [0, 0.1) is 13.8 Å². The van der Waals surface area contributed by atoms with Gasteiger partial charge in [-0.15, -0.1) is 0 Å². The Labute approximate surface area is 123 Å². The Balaban J connectivity index is 2.28. The Morgan fingerprint density at radius 3 is 2.70 bits per heavy atom. The van der Waals surface area contributed by atoms with Gasteiger partial charge in [-0.1, -0.05) is 30.1 Å². The molecule has 0 spiro atoms. The SMILES string of the molecule is CCCc1c(Cl)ncnc1NC(C)c1c(C)noc1C. The van der Waals surface area contributed by atoms with E-state index in [1.807, 2.05) is 13.8 Å². The number of halogens is 1. The van der Waals surface area contributed by atoms with Crippen LogP contribution < -0.4 is 5.32 Å². The summed E-state index contributed by atoms with van der Waals surface area (Å²) in [6.07, 6.45) is 3.31. The van der Waals surface area contributed by atoms with Crippen LogP contribution in [0.1, 0.15) is 48.9 Å². The molecule has 6 heteroatoms. The van der Waals surface area contributed by atoms with Crippen LogP contribution in [-0.4, -0.2) is 15.1 Å². The molecule has 0 aliphatic heterocycles. The first-order valence-corrected chi connectivity index (χ1v) is 7.11. The third-order valence-corrected chi connectivity index (χ3v) is 3.59. The zero-order valence-corrected chi connectivity index (χ0v) is 13.0. The maximum Gasteiger partial charge on any atom is 0.139 e. The monoisotopic (exact) mass is 294 g/mol. The van der Waals surface area contributed by atoms with E-state index in [0.717, 1.165) is 41.2 Å². The van der Waals surface area contributed by atoms with Crippen molar-refractivity contribution < 1.29 is 4.52 Å². The molecule has 2 heterocycles. The van der Waals surface area contributed by atoms with Crippen molar-refractivity contribution in [1.29, 1.82) is 0 Å². The third kappa shape index (κ3) is 2.93. The van der Waals surface area contributed by atoms with Crippen molar-refractivity contribution in [2.45, 2.75) is 46.6 Å². The molecule has 1 unspecified atom stereocenters. The summed E-state index contributed by atoms with van der Waals surface area (Å²) >= 11 is 6.16. The predicted molar refractivity (Wildman–Crippen MR) is 79.1 cm³/mol. The molecular weight excluding hydrogens is 276 g/mol. The highest BCUT2D eigenvalue weighted by Gasteiger charge is 2.18. The lowest BCUT2D eigenvalue weighted by Crippen LogP contribution is -2.12. The molecule has 108 valence electrons. The molecule has 2 aromatic rings. The summed E-state index contributed by atoms with van der Waals surface area (Å²) in [5, 5.41) is 7.88. The number of nitrogens with one attached hydrogen (secondary N) is 1. The van der Waals surface area contributed by atoms with Crippen LogP contribution in [0.25, 0.3) is 0 Å². The van der Waals surface area contributed by atoms with E-state index in [0.29, 0.717) is 5.15 Å². The van der Waals surface area contributed by atoms with Gasteiger partial charge in [0.15, 0.2) is 0 Å². The van der Waals surface area contributed by atoms with Crippen LogP contribution >= 0.6 is 11.6 Å². The smallest absolute Gasteiger partial charge is 0.139 e. The molecule has 2 rings (SSSR count). The van der Waals surface area contributed by atoms with Gasteiger partial charge < -0.3 is 9.84 Å². The van der Waals surface area contributed by atoms with Crippen LogP contribution in [-0.2, 0) is 6.42 Å². The van der Waals surface area contributed by atoms with Crippen molar-refractivity contribution in [3.05, 3.63) is 34.1 Å². The van der Waals surface area contributed by atoms with Crippen molar-refractivity contribution in [3.63, 3.8) is 0 Å². The highest BCUT2D eigenvalue weighted by Crippen LogP contribution is 2.28. The van der Waals surface area contributed by atoms with E-state index in [1.165, 1.54) is 6.33 Å². The molecule has 0 bridgehead atoms. The van der Waals surface area contributed by atoms with Gasteiger partial charge in [-0.2, -0.15) is 0 Å². The van der Waals surface area contributed by atoms with Crippen molar-refractivity contribution in [3.8, 4) is 0 Å². The molecular formula is C14H19ClN4O. The fraction of sp³-hybridized carbons (Fsp3) is 0.500. The molecule has 2 aromatic heterocycles. The minimum atomic E-state index is 0.0443. The zero-order chi connectivity index (χ0) is 14.7. The second-order valence-electron chi connectivity index (χ2n) is 4.85. The minimum Gasteiger partial charge on any atom is -0.363 e. The molecule has 0 aromatic carbocycles. The van der Waals surface area contributed by atoms with Crippen molar-refractivity contribution in [1.82, 2.24) is 15.1 Å². The highest BCUT2D eigenvalue weighted by atomic mass is 35.5. The number of nitrogens with zero attached hydrogens (tertiary/aromatic N) is 3. The lowest BCUT2D eigenvalue weighted by Gasteiger charge is -2.17. The standard InChI is InChI=1S/C14H19ClN4O/c1-5-6-11-13(15)16-7-17-14(11)18-8(2)12-9(3)19-20-10(12)4/h7-8H,5-6H2,1-4H3,(H,16,17,18). The second-order valence-corrected chi connectivity index (χ2v) is 5.20. The summed E-state index contributed by atoms with van der Waals surface area (Å²) in [7, 11) is 0. The van der Waals surface area contributed by atoms with E-state index in [9.17, 15) is 0 Å². The van der Waals surface area contributed by atoms with Gasteiger partial charge in [-0.3, -0.25) is 0 Å². The first-order chi connectivity index (χ1) is 9.54. The van der Waals surface area contributed by atoms with Gasteiger partial charge in [0, 0.05) is 11.1 Å². The summed E-state index contributed by atoms with van der Waals surface area (Å²) in [6.45, 7) is 8.00. The lowest BCUT2D eigenvalue weighted by atomic mass is 10.1. The average molecular weight is 295 g/mol. The maximum absolute atomic E-state index is 6.16. The van der Waals surface area contributed by atoms with E-state index >= 15 is 0 Å². The Hall–Kier alpha value is -1.62. The van der Waals surface area contributed by atoms with Crippen LogP contribution in [0.3, 0.4) is 0 Å². The lowest BCUT2D eigenvalue weighted by molar-refractivity contribution is 0.392. The Morgan fingerprint density at radius 1 is 1.35 bits per heavy atom. The van der Waals surface area contributed by atoms with Gasteiger partial charge in [0.2, 0.25) is 0 Å². The number of hydrogen-bond donors (Lipinski definition) is 1. The quantitative estimate of drug-likeness (QED) is 0.848. The molecule has 0 fully saturated rings. The molecule has 0 radical (unpaired) electrons. The highest BCUT2D eigenvalue weighted by molar-refractivity contribution is 6.30. The molecule has 0 saturated carbocycles. The largest absolute Gasteiger partial charge is 0.363 e. The molecule has 0 aliphatic rings. The van der Waals surface area contributed by atoms with E-state index in [4.69, 9.17) is 16.1 Å². The number of anilines is 1.